The number of carbonyl (C=O) groups is 1. The van der Waals surface area contributed by atoms with E-state index in [1.165, 1.54) is 17.5 Å². The molecule has 0 aliphatic carbocycles. The fraction of sp³-hybridized carbons (Fsp3) is 0.476. The normalized spacial score (nSPS) is 14.7. The zero-order valence-corrected chi connectivity index (χ0v) is 17.0. The largest absolute Gasteiger partial charge is 0.496 e. The number of aromatic nitrogens is 3. The van der Waals surface area contributed by atoms with Crippen molar-refractivity contribution in [2.24, 2.45) is 0 Å². The number of hydrogen-bond acceptors (Lipinski definition) is 5. The number of amides is 1. The third-order valence-corrected chi connectivity index (χ3v) is 5.53. The topological polar surface area (TPSA) is 80.9 Å². The Bertz CT molecular complexity index is 1100. The highest BCUT2D eigenvalue weighted by molar-refractivity contribution is 5.92. The molecule has 1 aliphatic rings. The van der Waals surface area contributed by atoms with Gasteiger partial charge in [-0.3, -0.25) is 14.0 Å². The highest BCUT2D eigenvalue weighted by atomic mass is 16.5. The van der Waals surface area contributed by atoms with Gasteiger partial charge >= 0.3 is 0 Å². The van der Waals surface area contributed by atoms with Crippen molar-refractivity contribution in [2.75, 3.05) is 33.3 Å². The van der Waals surface area contributed by atoms with Crippen LogP contribution >= 0.6 is 0 Å². The molecule has 0 spiro atoms. The van der Waals surface area contributed by atoms with E-state index in [-0.39, 0.29) is 18.0 Å². The minimum Gasteiger partial charge on any atom is -0.496 e. The van der Waals surface area contributed by atoms with Gasteiger partial charge in [0.1, 0.15) is 23.6 Å². The number of nitrogens with zero attached hydrogens (tertiary/aromatic N) is 4. The second-order valence-corrected chi connectivity index (χ2v) is 7.52. The molecule has 0 bridgehead atoms. The average molecular weight is 397 g/mol. The van der Waals surface area contributed by atoms with Crippen molar-refractivity contribution in [3.63, 3.8) is 0 Å². The van der Waals surface area contributed by atoms with E-state index in [1.54, 1.807) is 13.2 Å². The van der Waals surface area contributed by atoms with Crippen LogP contribution in [-0.2, 0) is 11.3 Å². The molecule has 1 amide bonds. The van der Waals surface area contributed by atoms with E-state index in [0.29, 0.717) is 23.6 Å². The SMILES string of the molecule is COc1cccc2c1cc1c(=O)n(CC(=O)NCCCN3CCCC3)nc(C)n12. The summed E-state index contributed by atoms with van der Waals surface area (Å²) in [4.78, 5) is 27.7. The van der Waals surface area contributed by atoms with E-state index >= 15 is 0 Å². The maximum absolute atomic E-state index is 12.9. The molecule has 2 aromatic heterocycles. The van der Waals surface area contributed by atoms with Crippen molar-refractivity contribution >= 4 is 22.3 Å². The third kappa shape index (κ3) is 3.85. The standard InChI is InChI=1S/C21H27N5O3/c1-15-23-25(14-20(27)22-9-6-12-24-10-3-4-11-24)21(28)18-13-16-17(26(15)18)7-5-8-19(16)29-2/h5,7-8,13H,3-4,6,9-12,14H2,1-2H3,(H,22,27). The zero-order valence-electron chi connectivity index (χ0n) is 17.0. The maximum atomic E-state index is 12.9. The molecule has 0 unspecified atom stereocenters. The van der Waals surface area contributed by atoms with E-state index < -0.39 is 0 Å². The van der Waals surface area contributed by atoms with Crippen LogP contribution in [0.1, 0.15) is 25.1 Å². The molecule has 8 nitrogen and oxygen atoms in total. The highest BCUT2D eigenvalue weighted by Gasteiger charge is 2.16. The van der Waals surface area contributed by atoms with Crippen molar-refractivity contribution < 1.29 is 9.53 Å². The van der Waals surface area contributed by atoms with Gasteiger partial charge in [-0.15, -0.1) is 0 Å². The van der Waals surface area contributed by atoms with Crippen LogP contribution in [-0.4, -0.2) is 58.3 Å². The molecule has 1 aromatic carbocycles. The van der Waals surface area contributed by atoms with Gasteiger partial charge in [-0.1, -0.05) is 6.07 Å². The van der Waals surface area contributed by atoms with Gasteiger partial charge in [0.2, 0.25) is 5.91 Å². The number of fused-ring (bicyclic) bond motifs is 3. The quantitative estimate of drug-likeness (QED) is 0.612. The predicted molar refractivity (Wildman–Crippen MR) is 112 cm³/mol. The lowest BCUT2D eigenvalue weighted by atomic mass is 10.2. The van der Waals surface area contributed by atoms with Crippen LogP contribution < -0.4 is 15.6 Å². The van der Waals surface area contributed by atoms with Crippen LogP contribution in [0, 0.1) is 6.92 Å². The number of aryl methyl sites for hydroxylation is 1. The Morgan fingerprint density at radius 3 is 2.79 bits per heavy atom. The summed E-state index contributed by atoms with van der Waals surface area (Å²) < 4.78 is 8.47. The third-order valence-electron chi connectivity index (χ3n) is 5.53. The first kappa shape index (κ1) is 19.4. The van der Waals surface area contributed by atoms with Gasteiger partial charge < -0.3 is 15.0 Å². The Morgan fingerprint density at radius 2 is 2.03 bits per heavy atom. The minimum absolute atomic E-state index is 0.0848. The predicted octanol–water partition coefficient (Wildman–Crippen LogP) is 1.57. The molecule has 0 radical (unpaired) electrons. The van der Waals surface area contributed by atoms with Gasteiger partial charge in [0.25, 0.3) is 5.56 Å². The van der Waals surface area contributed by atoms with Crippen LogP contribution in [0.2, 0.25) is 0 Å². The van der Waals surface area contributed by atoms with Crippen molar-refractivity contribution in [1.82, 2.24) is 24.4 Å². The van der Waals surface area contributed by atoms with Crippen molar-refractivity contribution in [2.45, 2.75) is 32.7 Å². The van der Waals surface area contributed by atoms with Crippen LogP contribution in [0.4, 0.5) is 0 Å². The van der Waals surface area contributed by atoms with E-state index in [9.17, 15) is 9.59 Å². The first-order valence-corrected chi connectivity index (χ1v) is 10.1. The number of benzene rings is 1. The lowest BCUT2D eigenvalue weighted by Crippen LogP contribution is -2.36. The Balaban J connectivity index is 1.50. The molecule has 1 fully saturated rings. The average Bonchev–Trinajstić information content (AvgIpc) is 3.36. The maximum Gasteiger partial charge on any atom is 0.291 e. The molecule has 3 heterocycles. The molecular weight excluding hydrogens is 370 g/mol. The molecule has 0 atom stereocenters. The fourth-order valence-corrected chi connectivity index (χ4v) is 4.12. The number of likely N-dealkylation sites (tertiary alicyclic amines) is 1. The van der Waals surface area contributed by atoms with Gasteiger partial charge in [-0.05, 0) is 64.0 Å². The number of carbonyl (C=O) groups excluding carboxylic acids is 1. The van der Waals surface area contributed by atoms with Crippen LogP contribution in [0.5, 0.6) is 5.75 Å². The number of rotatable bonds is 7. The summed E-state index contributed by atoms with van der Waals surface area (Å²) in [5, 5.41) is 8.12. The smallest absolute Gasteiger partial charge is 0.291 e. The number of methoxy groups -OCH3 is 1. The second kappa shape index (κ2) is 8.24. The number of ether oxygens (including phenoxy) is 1. The summed E-state index contributed by atoms with van der Waals surface area (Å²) in [7, 11) is 1.61. The molecule has 29 heavy (non-hydrogen) atoms. The van der Waals surface area contributed by atoms with Crippen molar-refractivity contribution in [1.29, 1.82) is 0 Å². The van der Waals surface area contributed by atoms with Gasteiger partial charge in [-0.2, -0.15) is 5.10 Å². The highest BCUT2D eigenvalue weighted by Crippen LogP contribution is 2.28. The monoisotopic (exact) mass is 397 g/mol. The van der Waals surface area contributed by atoms with Gasteiger partial charge in [0.05, 0.1) is 12.6 Å². The molecule has 154 valence electrons. The molecular formula is C21H27N5O3. The van der Waals surface area contributed by atoms with Crippen molar-refractivity contribution in [3.8, 4) is 5.75 Å². The lowest BCUT2D eigenvalue weighted by molar-refractivity contribution is -0.121. The summed E-state index contributed by atoms with van der Waals surface area (Å²) in [6.07, 6.45) is 3.45. The van der Waals surface area contributed by atoms with E-state index in [1.807, 2.05) is 29.5 Å². The molecule has 4 rings (SSSR count). The van der Waals surface area contributed by atoms with Crippen LogP contribution in [0.15, 0.2) is 29.1 Å². The van der Waals surface area contributed by atoms with E-state index in [2.05, 4.69) is 15.3 Å². The van der Waals surface area contributed by atoms with Gasteiger partial charge in [0.15, 0.2) is 0 Å². The fourth-order valence-electron chi connectivity index (χ4n) is 4.12. The zero-order chi connectivity index (χ0) is 20.4. The lowest BCUT2D eigenvalue weighted by Gasteiger charge is -2.14. The van der Waals surface area contributed by atoms with Gasteiger partial charge in [0, 0.05) is 11.9 Å². The molecule has 3 aromatic rings. The second-order valence-electron chi connectivity index (χ2n) is 7.52. The summed E-state index contributed by atoms with van der Waals surface area (Å²) in [6.45, 7) is 5.67. The Hall–Kier alpha value is -2.87. The molecule has 0 saturated carbocycles. The van der Waals surface area contributed by atoms with Crippen molar-refractivity contribution in [3.05, 3.63) is 40.4 Å². The first-order chi connectivity index (χ1) is 14.1. The molecule has 1 N–H and O–H groups in total. The Kier molecular flexibility index (Phi) is 5.53. The summed E-state index contributed by atoms with van der Waals surface area (Å²) >= 11 is 0. The number of hydrogen-bond donors (Lipinski definition) is 1. The van der Waals surface area contributed by atoms with Crippen LogP contribution in [0.3, 0.4) is 0 Å². The van der Waals surface area contributed by atoms with E-state index in [0.717, 1.165) is 37.0 Å². The number of nitrogens with one attached hydrogen (secondary N) is 1. The summed E-state index contributed by atoms with van der Waals surface area (Å²) in [6, 6.07) is 7.47. The molecule has 8 heteroatoms. The first-order valence-electron chi connectivity index (χ1n) is 10.1. The molecule has 1 aliphatic heterocycles. The summed E-state index contributed by atoms with van der Waals surface area (Å²) in [5.74, 6) is 1.15. The Morgan fingerprint density at radius 1 is 1.24 bits per heavy atom. The molecule has 1 saturated heterocycles. The Labute approximate surface area is 169 Å². The summed E-state index contributed by atoms with van der Waals surface area (Å²) in [5.41, 5.74) is 1.06. The minimum atomic E-state index is -0.291. The van der Waals surface area contributed by atoms with Gasteiger partial charge in [-0.25, -0.2) is 4.68 Å². The van der Waals surface area contributed by atoms with E-state index in [4.69, 9.17) is 4.74 Å². The van der Waals surface area contributed by atoms with Crippen LogP contribution in [0.25, 0.3) is 16.4 Å².